The van der Waals surface area contributed by atoms with Gasteiger partial charge in [0, 0.05) is 13.1 Å². The summed E-state index contributed by atoms with van der Waals surface area (Å²) < 4.78 is 0. The molecule has 3 nitrogen and oxygen atoms in total. The maximum Gasteiger partial charge on any atom is 0.239 e. The van der Waals surface area contributed by atoms with E-state index in [4.69, 9.17) is 5.73 Å². The van der Waals surface area contributed by atoms with Crippen molar-refractivity contribution in [1.29, 1.82) is 0 Å². The summed E-state index contributed by atoms with van der Waals surface area (Å²) in [7, 11) is 0. The Morgan fingerprint density at radius 3 is 2.45 bits per heavy atom. The molecular formula is C17H26N2O. The molecule has 0 aromatic heterocycles. The number of hydrogen-bond acceptors (Lipinski definition) is 2. The highest BCUT2D eigenvalue weighted by molar-refractivity contribution is 5.81. The number of carbonyl (C=O) groups is 1. The van der Waals surface area contributed by atoms with Crippen LogP contribution in [0.25, 0.3) is 0 Å². The third-order valence-corrected chi connectivity index (χ3v) is 4.28. The fourth-order valence-electron chi connectivity index (χ4n) is 2.86. The van der Waals surface area contributed by atoms with Gasteiger partial charge in [-0.05, 0) is 51.0 Å². The summed E-state index contributed by atoms with van der Waals surface area (Å²) in [5, 5.41) is 0. The number of carbonyl (C=O) groups excluding carboxylic acids is 1. The van der Waals surface area contributed by atoms with Gasteiger partial charge in [0.05, 0.1) is 6.04 Å². The van der Waals surface area contributed by atoms with Crippen LogP contribution in [0.3, 0.4) is 0 Å². The van der Waals surface area contributed by atoms with E-state index in [1.165, 1.54) is 17.5 Å². The van der Waals surface area contributed by atoms with E-state index in [-0.39, 0.29) is 11.9 Å². The molecule has 0 bridgehead atoms. The Morgan fingerprint density at radius 2 is 1.90 bits per heavy atom. The molecule has 1 aliphatic heterocycles. The molecule has 1 heterocycles. The van der Waals surface area contributed by atoms with Gasteiger partial charge >= 0.3 is 0 Å². The maximum atomic E-state index is 11.8. The summed E-state index contributed by atoms with van der Waals surface area (Å²) in [5.41, 5.74) is 8.39. The first-order chi connectivity index (χ1) is 9.56. The number of piperidine rings is 1. The molecule has 20 heavy (non-hydrogen) atoms. The minimum Gasteiger partial charge on any atom is -0.341 e. The molecule has 1 aromatic rings. The molecule has 0 unspecified atom stereocenters. The Morgan fingerprint density at radius 1 is 1.30 bits per heavy atom. The van der Waals surface area contributed by atoms with Gasteiger partial charge in [-0.25, -0.2) is 0 Å². The Bertz CT molecular complexity index is 431. The molecule has 1 aromatic carbocycles. The number of amides is 1. The summed E-state index contributed by atoms with van der Waals surface area (Å²) in [6, 6.07) is 8.45. The van der Waals surface area contributed by atoms with E-state index >= 15 is 0 Å². The lowest BCUT2D eigenvalue weighted by atomic mass is 9.90. The van der Waals surface area contributed by atoms with Crippen LogP contribution in [-0.2, 0) is 11.2 Å². The second kappa shape index (κ2) is 6.89. The quantitative estimate of drug-likeness (QED) is 0.917. The number of nitrogens with two attached hydrogens (primary N) is 1. The van der Waals surface area contributed by atoms with Crippen molar-refractivity contribution in [2.45, 2.75) is 45.6 Å². The number of aryl methyl sites for hydroxylation is 2. The van der Waals surface area contributed by atoms with Crippen LogP contribution in [0.4, 0.5) is 0 Å². The van der Waals surface area contributed by atoms with E-state index in [0.717, 1.165) is 38.3 Å². The molecule has 0 aliphatic carbocycles. The smallest absolute Gasteiger partial charge is 0.239 e. The lowest BCUT2D eigenvalue weighted by molar-refractivity contribution is -0.133. The normalized spacial score (nSPS) is 18.1. The molecule has 0 radical (unpaired) electrons. The van der Waals surface area contributed by atoms with Gasteiger partial charge in [0.2, 0.25) is 5.91 Å². The molecule has 110 valence electrons. The minimum atomic E-state index is -0.362. The zero-order chi connectivity index (χ0) is 14.5. The van der Waals surface area contributed by atoms with Crippen LogP contribution in [0, 0.1) is 12.8 Å². The number of benzene rings is 1. The van der Waals surface area contributed by atoms with Gasteiger partial charge in [-0.1, -0.05) is 29.8 Å². The zero-order valence-electron chi connectivity index (χ0n) is 12.6. The number of hydrogen-bond donors (Lipinski definition) is 1. The monoisotopic (exact) mass is 274 g/mol. The number of rotatable bonds is 4. The van der Waals surface area contributed by atoms with E-state index < -0.39 is 0 Å². The Labute approximate surface area is 122 Å². The van der Waals surface area contributed by atoms with Crippen molar-refractivity contribution in [2.24, 2.45) is 11.7 Å². The van der Waals surface area contributed by atoms with E-state index in [0.29, 0.717) is 0 Å². The van der Waals surface area contributed by atoms with Gasteiger partial charge in [-0.2, -0.15) is 0 Å². The second-order valence-electron chi connectivity index (χ2n) is 6.08. The number of likely N-dealkylation sites (tertiary alicyclic amines) is 1. The van der Waals surface area contributed by atoms with Gasteiger partial charge < -0.3 is 10.6 Å². The summed E-state index contributed by atoms with van der Waals surface area (Å²) in [6.07, 6.45) is 4.60. The average Bonchev–Trinajstić information content (AvgIpc) is 2.46. The van der Waals surface area contributed by atoms with E-state index in [1.54, 1.807) is 6.92 Å². The van der Waals surface area contributed by atoms with Crippen LogP contribution >= 0.6 is 0 Å². The second-order valence-corrected chi connectivity index (χ2v) is 6.08. The maximum absolute atomic E-state index is 11.8. The first-order valence-electron chi connectivity index (χ1n) is 7.66. The van der Waals surface area contributed by atoms with Crippen molar-refractivity contribution in [1.82, 2.24) is 4.90 Å². The molecule has 0 saturated carbocycles. The zero-order valence-corrected chi connectivity index (χ0v) is 12.6. The van der Waals surface area contributed by atoms with E-state index in [1.807, 2.05) is 4.90 Å². The first-order valence-corrected chi connectivity index (χ1v) is 7.66. The van der Waals surface area contributed by atoms with Crippen molar-refractivity contribution < 1.29 is 4.79 Å². The van der Waals surface area contributed by atoms with Gasteiger partial charge in [-0.3, -0.25) is 4.79 Å². The molecule has 2 N–H and O–H groups in total. The average molecular weight is 274 g/mol. The summed E-state index contributed by atoms with van der Waals surface area (Å²) in [5.74, 6) is 0.843. The molecule has 3 heteroatoms. The van der Waals surface area contributed by atoms with Gasteiger partial charge in [0.1, 0.15) is 0 Å². The van der Waals surface area contributed by atoms with Crippen LogP contribution in [0.5, 0.6) is 0 Å². The van der Waals surface area contributed by atoms with Gasteiger partial charge in [-0.15, -0.1) is 0 Å². The largest absolute Gasteiger partial charge is 0.341 e. The molecule has 2 rings (SSSR count). The summed E-state index contributed by atoms with van der Waals surface area (Å²) in [6.45, 7) is 5.64. The van der Waals surface area contributed by atoms with E-state index in [2.05, 4.69) is 31.2 Å². The lowest BCUT2D eigenvalue weighted by Gasteiger charge is -2.33. The molecular weight excluding hydrogens is 248 g/mol. The Hall–Kier alpha value is -1.35. The molecule has 1 fully saturated rings. The van der Waals surface area contributed by atoms with Crippen molar-refractivity contribution in [2.75, 3.05) is 13.1 Å². The van der Waals surface area contributed by atoms with Crippen LogP contribution in [0.1, 0.15) is 37.3 Å². The molecule has 1 atom stereocenters. The molecule has 1 saturated heterocycles. The van der Waals surface area contributed by atoms with Crippen molar-refractivity contribution in [3.05, 3.63) is 35.4 Å². The molecule has 1 amide bonds. The van der Waals surface area contributed by atoms with Gasteiger partial charge in [0.25, 0.3) is 0 Å². The van der Waals surface area contributed by atoms with Crippen LogP contribution in [0.15, 0.2) is 24.3 Å². The third kappa shape index (κ3) is 4.07. The third-order valence-electron chi connectivity index (χ3n) is 4.28. The first kappa shape index (κ1) is 15.0. The SMILES string of the molecule is Cc1ccc(CCC2CCN(C(=O)[C@@H](C)N)CC2)cc1. The van der Waals surface area contributed by atoms with Crippen LogP contribution in [-0.4, -0.2) is 29.9 Å². The fraction of sp³-hybridized carbons (Fsp3) is 0.588. The fourth-order valence-corrected chi connectivity index (χ4v) is 2.86. The highest BCUT2D eigenvalue weighted by Crippen LogP contribution is 2.22. The minimum absolute atomic E-state index is 0.0991. The lowest BCUT2D eigenvalue weighted by Crippen LogP contribution is -2.45. The highest BCUT2D eigenvalue weighted by Gasteiger charge is 2.24. The standard InChI is InChI=1S/C17H26N2O/c1-13-3-5-15(6-4-13)7-8-16-9-11-19(12-10-16)17(20)14(2)18/h3-6,14,16H,7-12,18H2,1-2H3/t14-/m1/s1. The predicted molar refractivity (Wildman–Crippen MR) is 82.5 cm³/mol. The van der Waals surface area contributed by atoms with Crippen molar-refractivity contribution in [3.63, 3.8) is 0 Å². The number of nitrogens with zero attached hydrogens (tertiary/aromatic N) is 1. The highest BCUT2D eigenvalue weighted by atomic mass is 16.2. The molecule has 1 aliphatic rings. The van der Waals surface area contributed by atoms with E-state index in [9.17, 15) is 4.79 Å². The Kier molecular flexibility index (Phi) is 5.18. The van der Waals surface area contributed by atoms with Crippen molar-refractivity contribution >= 4 is 5.91 Å². The predicted octanol–water partition coefficient (Wildman–Crippen LogP) is 2.51. The topological polar surface area (TPSA) is 46.3 Å². The summed E-state index contributed by atoms with van der Waals surface area (Å²) in [4.78, 5) is 13.7. The Balaban J connectivity index is 1.74. The van der Waals surface area contributed by atoms with Crippen molar-refractivity contribution in [3.8, 4) is 0 Å². The summed E-state index contributed by atoms with van der Waals surface area (Å²) >= 11 is 0. The van der Waals surface area contributed by atoms with Crippen LogP contribution < -0.4 is 5.73 Å². The molecule has 0 spiro atoms. The van der Waals surface area contributed by atoms with Crippen LogP contribution in [0.2, 0.25) is 0 Å². The van der Waals surface area contributed by atoms with Gasteiger partial charge in [0.15, 0.2) is 0 Å².